The lowest BCUT2D eigenvalue weighted by Crippen LogP contribution is -2.30. The molecule has 17 heavy (non-hydrogen) atoms. The SMILES string of the molecule is CC(C)(C)C1=CC=C(C(=O)O)C(C(C)(C)C)C1. The molecule has 0 saturated heterocycles. The normalized spacial score (nSPS) is 21.9. The predicted molar refractivity (Wildman–Crippen MR) is 70.8 cm³/mol. The molecule has 0 spiro atoms. The van der Waals surface area contributed by atoms with Crippen LogP contribution < -0.4 is 0 Å². The summed E-state index contributed by atoms with van der Waals surface area (Å²) in [4.78, 5) is 11.3. The average molecular weight is 236 g/mol. The minimum absolute atomic E-state index is 0.0189. The van der Waals surface area contributed by atoms with Gasteiger partial charge in [-0.2, -0.15) is 0 Å². The summed E-state index contributed by atoms with van der Waals surface area (Å²) in [6, 6.07) is 0. The van der Waals surface area contributed by atoms with Crippen LogP contribution >= 0.6 is 0 Å². The Morgan fingerprint density at radius 3 is 2.06 bits per heavy atom. The molecule has 1 aliphatic rings. The Morgan fingerprint density at radius 1 is 1.18 bits per heavy atom. The van der Waals surface area contributed by atoms with Crippen LogP contribution in [0.25, 0.3) is 0 Å². The Hall–Kier alpha value is -1.05. The highest BCUT2D eigenvalue weighted by atomic mass is 16.4. The van der Waals surface area contributed by atoms with Gasteiger partial charge in [0.1, 0.15) is 0 Å². The summed E-state index contributed by atoms with van der Waals surface area (Å²) >= 11 is 0. The fourth-order valence-corrected chi connectivity index (χ4v) is 2.25. The van der Waals surface area contributed by atoms with Crippen molar-refractivity contribution in [2.24, 2.45) is 16.7 Å². The van der Waals surface area contributed by atoms with Gasteiger partial charge in [-0.1, -0.05) is 59.3 Å². The van der Waals surface area contributed by atoms with E-state index in [9.17, 15) is 9.90 Å². The Balaban J connectivity index is 3.15. The first-order valence-corrected chi connectivity index (χ1v) is 6.18. The van der Waals surface area contributed by atoms with Crippen LogP contribution in [0, 0.1) is 16.7 Å². The van der Waals surface area contributed by atoms with E-state index in [1.165, 1.54) is 5.57 Å². The first-order valence-electron chi connectivity index (χ1n) is 6.18. The van der Waals surface area contributed by atoms with Gasteiger partial charge in [-0.05, 0) is 23.2 Å². The zero-order valence-electron chi connectivity index (χ0n) is 11.8. The van der Waals surface area contributed by atoms with Crippen molar-refractivity contribution in [1.82, 2.24) is 0 Å². The van der Waals surface area contributed by atoms with E-state index < -0.39 is 5.97 Å². The molecule has 0 aromatic rings. The first-order chi connectivity index (χ1) is 7.53. The third-order valence-corrected chi connectivity index (χ3v) is 3.52. The highest BCUT2D eigenvalue weighted by Gasteiger charge is 2.35. The number of carboxylic acids is 1. The molecule has 0 bridgehead atoms. The lowest BCUT2D eigenvalue weighted by Gasteiger charge is -2.37. The van der Waals surface area contributed by atoms with Crippen LogP contribution in [0.2, 0.25) is 0 Å². The molecule has 0 heterocycles. The van der Waals surface area contributed by atoms with Crippen LogP contribution in [0.15, 0.2) is 23.3 Å². The number of carbonyl (C=O) groups is 1. The molecular weight excluding hydrogens is 212 g/mol. The van der Waals surface area contributed by atoms with E-state index >= 15 is 0 Å². The Labute approximate surface area is 104 Å². The number of aliphatic carboxylic acids is 1. The number of allylic oxidation sites excluding steroid dienone is 3. The Morgan fingerprint density at radius 2 is 1.71 bits per heavy atom. The third-order valence-electron chi connectivity index (χ3n) is 3.52. The minimum atomic E-state index is -0.783. The van der Waals surface area contributed by atoms with E-state index in [-0.39, 0.29) is 16.7 Å². The molecule has 0 amide bonds. The highest BCUT2D eigenvalue weighted by molar-refractivity contribution is 5.88. The zero-order valence-corrected chi connectivity index (χ0v) is 11.8. The van der Waals surface area contributed by atoms with Crippen molar-refractivity contribution in [2.45, 2.75) is 48.0 Å². The molecule has 0 saturated carbocycles. The summed E-state index contributed by atoms with van der Waals surface area (Å²) in [7, 11) is 0. The van der Waals surface area contributed by atoms with Gasteiger partial charge in [-0.15, -0.1) is 0 Å². The predicted octanol–water partition coefficient (Wildman–Crippen LogP) is 4.04. The van der Waals surface area contributed by atoms with Gasteiger partial charge in [0.05, 0.1) is 0 Å². The van der Waals surface area contributed by atoms with Gasteiger partial charge in [-0.25, -0.2) is 4.79 Å². The molecule has 0 fully saturated rings. The molecule has 0 radical (unpaired) electrons. The number of carboxylic acid groups (broad SMARTS) is 1. The standard InChI is InChI=1S/C15H24O2/c1-14(2,3)10-7-8-11(13(16)17)12(9-10)15(4,5)6/h7-8,12H,9H2,1-6H3,(H,16,17). The summed E-state index contributed by atoms with van der Waals surface area (Å²) < 4.78 is 0. The maximum atomic E-state index is 11.3. The maximum absolute atomic E-state index is 11.3. The molecule has 2 heteroatoms. The monoisotopic (exact) mass is 236 g/mol. The molecule has 0 aromatic carbocycles. The Bertz CT molecular complexity index is 373. The van der Waals surface area contributed by atoms with E-state index in [0.717, 1.165) is 6.42 Å². The smallest absolute Gasteiger partial charge is 0.331 e. The average Bonchev–Trinajstić information content (AvgIpc) is 2.14. The van der Waals surface area contributed by atoms with Gasteiger partial charge >= 0.3 is 5.97 Å². The van der Waals surface area contributed by atoms with Crippen LogP contribution in [-0.4, -0.2) is 11.1 Å². The fourth-order valence-electron chi connectivity index (χ4n) is 2.25. The summed E-state index contributed by atoms with van der Waals surface area (Å²) in [6.07, 6.45) is 4.64. The lowest BCUT2D eigenvalue weighted by molar-refractivity contribution is -0.133. The molecular formula is C15H24O2. The quantitative estimate of drug-likeness (QED) is 0.746. The molecule has 0 aromatic heterocycles. The molecule has 0 aliphatic heterocycles. The second-order valence-electron chi connectivity index (χ2n) is 6.99. The van der Waals surface area contributed by atoms with Gasteiger partial charge in [0.15, 0.2) is 0 Å². The second kappa shape index (κ2) is 4.32. The highest BCUT2D eigenvalue weighted by Crippen LogP contribution is 2.43. The van der Waals surface area contributed by atoms with Crippen molar-refractivity contribution in [2.75, 3.05) is 0 Å². The third kappa shape index (κ3) is 3.21. The first kappa shape index (κ1) is 14.0. The molecule has 1 aliphatic carbocycles. The van der Waals surface area contributed by atoms with Crippen molar-refractivity contribution in [1.29, 1.82) is 0 Å². The van der Waals surface area contributed by atoms with E-state index in [0.29, 0.717) is 5.57 Å². The summed E-state index contributed by atoms with van der Waals surface area (Å²) in [6.45, 7) is 12.9. The van der Waals surface area contributed by atoms with E-state index in [2.05, 4.69) is 41.5 Å². The van der Waals surface area contributed by atoms with Crippen LogP contribution in [0.5, 0.6) is 0 Å². The van der Waals surface area contributed by atoms with Gasteiger partial charge in [-0.3, -0.25) is 0 Å². The lowest BCUT2D eigenvalue weighted by atomic mass is 9.67. The maximum Gasteiger partial charge on any atom is 0.331 e. The number of hydrogen-bond acceptors (Lipinski definition) is 1. The molecule has 1 rings (SSSR count). The molecule has 1 N–H and O–H groups in total. The van der Waals surface area contributed by atoms with Gasteiger partial charge in [0, 0.05) is 5.57 Å². The van der Waals surface area contributed by atoms with Gasteiger partial charge in [0.25, 0.3) is 0 Å². The van der Waals surface area contributed by atoms with Crippen LogP contribution in [-0.2, 0) is 4.79 Å². The van der Waals surface area contributed by atoms with Crippen molar-refractivity contribution >= 4 is 5.97 Å². The molecule has 1 unspecified atom stereocenters. The van der Waals surface area contributed by atoms with Crippen molar-refractivity contribution in [3.63, 3.8) is 0 Å². The van der Waals surface area contributed by atoms with Crippen LogP contribution in [0.4, 0.5) is 0 Å². The molecule has 1 atom stereocenters. The largest absolute Gasteiger partial charge is 0.478 e. The van der Waals surface area contributed by atoms with E-state index in [4.69, 9.17) is 0 Å². The van der Waals surface area contributed by atoms with Crippen molar-refractivity contribution in [3.05, 3.63) is 23.3 Å². The van der Waals surface area contributed by atoms with Gasteiger partial charge < -0.3 is 5.11 Å². The topological polar surface area (TPSA) is 37.3 Å². The fraction of sp³-hybridized carbons (Fsp3) is 0.667. The summed E-state index contributed by atoms with van der Waals surface area (Å²) in [5.41, 5.74) is 1.98. The van der Waals surface area contributed by atoms with Crippen molar-refractivity contribution in [3.8, 4) is 0 Å². The van der Waals surface area contributed by atoms with Gasteiger partial charge in [0.2, 0.25) is 0 Å². The van der Waals surface area contributed by atoms with E-state index in [1.807, 2.05) is 6.08 Å². The number of hydrogen-bond donors (Lipinski definition) is 1. The van der Waals surface area contributed by atoms with Crippen molar-refractivity contribution < 1.29 is 9.90 Å². The van der Waals surface area contributed by atoms with Crippen LogP contribution in [0.1, 0.15) is 48.0 Å². The van der Waals surface area contributed by atoms with Crippen LogP contribution in [0.3, 0.4) is 0 Å². The Kier molecular flexibility index (Phi) is 3.56. The summed E-state index contributed by atoms with van der Waals surface area (Å²) in [5.74, 6) is -0.687. The zero-order chi connectivity index (χ0) is 13.4. The molecule has 96 valence electrons. The minimum Gasteiger partial charge on any atom is -0.478 e. The summed E-state index contributed by atoms with van der Waals surface area (Å²) in [5, 5.41) is 9.26. The van der Waals surface area contributed by atoms with E-state index in [1.54, 1.807) is 6.08 Å². The molecule has 2 nitrogen and oxygen atoms in total. The number of rotatable bonds is 1. The second-order valence-corrected chi connectivity index (χ2v) is 6.99.